The molecular formula is C22H28N4O3. The van der Waals surface area contributed by atoms with Crippen LogP contribution in [0, 0.1) is 5.92 Å². The molecule has 3 fully saturated rings. The molecule has 1 aromatic rings. The topological polar surface area (TPSA) is 81.8 Å². The van der Waals surface area contributed by atoms with Gasteiger partial charge in [0.1, 0.15) is 6.04 Å². The summed E-state index contributed by atoms with van der Waals surface area (Å²) in [4.78, 5) is 40.8. The molecule has 0 bridgehead atoms. The van der Waals surface area contributed by atoms with Crippen LogP contribution in [-0.4, -0.2) is 59.2 Å². The fourth-order valence-electron chi connectivity index (χ4n) is 4.92. The van der Waals surface area contributed by atoms with E-state index in [2.05, 4.69) is 21.6 Å². The molecule has 3 aliphatic heterocycles. The largest absolute Gasteiger partial charge is 0.322 e. The molecule has 2 atom stereocenters. The van der Waals surface area contributed by atoms with Gasteiger partial charge in [0.05, 0.1) is 0 Å². The molecule has 0 radical (unpaired) electrons. The van der Waals surface area contributed by atoms with Crippen molar-refractivity contribution in [2.24, 2.45) is 5.92 Å². The average Bonchev–Trinajstić information content (AvgIpc) is 3.47. The van der Waals surface area contributed by atoms with Crippen LogP contribution >= 0.6 is 0 Å². The van der Waals surface area contributed by atoms with E-state index in [1.165, 1.54) is 19.3 Å². The Labute approximate surface area is 170 Å². The van der Waals surface area contributed by atoms with Gasteiger partial charge in [-0.15, -0.1) is 0 Å². The van der Waals surface area contributed by atoms with Crippen molar-refractivity contribution in [1.29, 1.82) is 0 Å². The molecule has 0 aromatic heterocycles. The van der Waals surface area contributed by atoms with Gasteiger partial charge >= 0.3 is 0 Å². The summed E-state index contributed by atoms with van der Waals surface area (Å²) >= 11 is 0. The Morgan fingerprint density at radius 2 is 1.97 bits per heavy atom. The van der Waals surface area contributed by atoms with E-state index in [0.717, 1.165) is 43.2 Å². The third-order valence-electron chi connectivity index (χ3n) is 6.75. The molecule has 2 unspecified atom stereocenters. The summed E-state index contributed by atoms with van der Waals surface area (Å²) in [6.07, 6.45) is 4.69. The molecule has 4 aliphatic rings. The van der Waals surface area contributed by atoms with Crippen molar-refractivity contribution in [1.82, 2.24) is 20.4 Å². The zero-order valence-electron chi connectivity index (χ0n) is 16.7. The van der Waals surface area contributed by atoms with Gasteiger partial charge in [0.2, 0.25) is 11.8 Å². The van der Waals surface area contributed by atoms with Crippen LogP contribution < -0.4 is 10.6 Å². The van der Waals surface area contributed by atoms with Crippen LogP contribution in [0.3, 0.4) is 0 Å². The van der Waals surface area contributed by atoms with Crippen molar-refractivity contribution in [3.63, 3.8) is 0 Å². The number of nitrogens with one attached hydrogen (secondary N) is 2. The molecule has 7 nitrogen and oxygen atoms in total. The van der Waals surface area contributed by atoms with Crippen molar-refractivity contribution in [2.45, 2.75) is 57.3 Å². The normalized spacial score (nSPS) is 27.9. The SMILES string of the molecule is O=C1CCC(N2Cc3ccc(CN4CCNCC4CC4CC4)cc3C2=O)C(=O)N1. The first kappa shape index (κ1) is 18.8. The van der Waals surface area contributed by atoms with Crippen LogP contribution in [0.15, 0.2) is 18.2 Å². The smallest absolute Gasteiger partial charge is 0.255 e. The highest BCUT2D eigenvalue weighted by atomic mass is 16.2. The minimum absolute atomic E-state index is 0.0915. The summed E-state index contributed by atoms with van der Waals surface area (Å²) in [6, 6.07) is 6.19. The van der Waals surface area contributed by atoms with Crippen molar-refractivity contribution in [3.8, 4) is 0 Å². The van der Waals surface area contributed by atoms with Gasteiger partial charge in [0.25, 0.3) is 5.91 Å². The summed E-state index contributed by atoms with van der Waals surface area (Å²) < 4.78 is 0. The van der Waals surface area contributed by atoms with Gasteiger partial charge in [-0.05, 0) is 36.0 Å². The number of hydrogen-bond acceptors (Lipinski definition) is 5. The third-order valence-corrected chi connectivity index (χ3v) is 6.75. The average molecular weight is 396 g/mol. The van der Waals surface area contributed by atoms with Gasteiger partial charge in [-0.2, -0.15) is 0 Å². The van der Waals surface area contributed by atoms with Crippen LogP contribution in [0.4, 0.5) is 0 Å². The van der Waals surface area contributed by atoms with Gasteiger partial charge < -0.3 is 10.2 Å². The van der Waals surface area contributed by atoms with E-state index in [0.29, 0.717) is 24.6 Å². The standard InChI is InChI=1S/C22H28N4O3/c27-20-6-5-19(21(28)24-20)26-13-16-4-3-15(10-18(16)22(26)29)12-25-8-7-23-11-17(25)9-14-1-2-14/h3-4,10,14,17,19,23H,1-2,5-9,11-13H2,(H,24,27,28). The van der Waals surface area contributed by atoms with Gasteiger partial charge in [0.15, 0.2) is 0 Å². The highest BCUT2D eigenvalue weighted by Crippen LogP contribution is 2.35. The first-order valence-electron chi connectivity index (χ1n) is 10.8. The maximum absolute atomic E-state index is 13.0. The highest BCUT2D eigenvalue weighted by molar-refractivity contribution is 6.05. The van der Waals surface area contributed by atoms with E-state index in [-0.39, 0.29) is 24.1 Å². The second-order valence-electron chi connectivity index (χ2n) is 8.90. The van der Waals surface area contributed by atoms with Crippen molar-refractivity contribution in [2.75, 3.05) is 19.6 Å². The number of piperazine rings is 1. The number of fused-ring (bicyclic) bond motifs is 1. The Kier molecular flexibility index (Phi) is 4.87. The molecule has 3 amide bonds. The monoisotopic (exact) mass is 396 g/mol. The molecule has 1 aliphatic carbocycles. The van der Waals surface area contributed by atoms with Crippen LogP contribution in [0.5, 0.6) is 0 Å². The molecule has 1 saturated carbocycles. The molecule has 7 heteroatoms. The van der Waals surface area contributed by atoms with Crippen LogP contribution in [0.2, 0.25) is 0 Å². The number of nitrogens with zero attached hydrogens (tertiary/aromatic N) is 2. The molecule has 5 rings (SSSR count). The molecule has 0 spiro atoms. The lowest BCUT2D eigenvalue weighted by Gasteiger charge is -2.36. The number of piperidine rings is 1. The fraction of sp³-hybridized carbons (Fsp3) is 0.591. The van der Waals surface area contributed by atoms with Gasteiger partial charge in [-0.25, -0.2) is 0 Å². The molecule has 154 valence electrons. The zero-order chi connectivity index (χ0) is 20.0. The predicted octanol–water partition coefficient (Wildman–Crippen LogP) is 1.02. The predicted molar refractivity (Wildman–Crippen MR) is 107 cm³/mol. The summed E-state index contributed by atoms with van der Waals surface area (Å²) in [5, 5.41) is 5.88. The maximum Gasteiger partial charge on any atom is 0.255 e. The van der Waals surface area contributed by atoms with Crippen molar-refractivity contribution in [3.05, 3.63) is 34.9 Å². The third kappa shape index (κ3) is 3.81. The van der Waals surface area contributed by atoms with Crippen LogP contribution in [0.25, 0.3) is 0 Å². The second-order valence-corrected chi connectivity index (χ2v) is 8.90. The Morgan fingerprint density at radius 1 is 1.10 bits per heavy atom. The lowest BCUT2D eigenvalue weighted by Crippen LogP contribution is -2.52. The first-order valence-corrected chi connectivity index (χ1v) is 10.8. The van der Waals surface area contributed by atoms with E-state index in [1.807, 2.05) is 12.1 Å². The Balaban J connectivity index is 1.29. The lowest BCUT2D eigenvalue weighted by molar-refractivity contribution is -0.136. The maximum atomic E-state index is 13.0. The summed E-state index contributed by atoms with van der Waals surface area (Å²) in [7, 11) is 0. The number of carbonyl (C=O) groups excluding carboxylic acids is 3. The van der Waals surface area contributed by atoms with Crippen LogP contribution in [-0.2, 0) is 22.7 Å². The van der Waals surface area contributed by atoms with Crippen molar-refractivity contribution >= 4 is 17.7 Å². The Morgan fingerprint density at radius 3 is 2.76 bits per heavy atom. The molecule has 29 heavy (non-hydrogen) atoms. The quantitative estimate of drug-likeness (QED) is 0.727. The van der Waals surface area contributed by atoms with Gasteiger partial charge in [-0.3, -0.25) is 24.6 Å². The summed E-state index contributed by atoms with van der Waals surface area (Å²) in [5.74, 6) is 0.193. The minimum Gasteiger partial charge on any atom is -0.322 e. The number of amides is 3. The zero-order valence-corrected chi connectivity index (χ0v) is 16.7. The van der Waals surface area contributed by atoms with E-state index < -0.39 is 6.04 Å². The number of carbonyl (C=O) groups is 3. The van der Waals surface area contributed by atoms with Gasteiger partial charge in [-0.1, -0.05) is 25.0 Å². The Bertz CT molecular complexity index is 850. The minimum atomic E-state index is -0.549. The van der Waals surface area contributed by atoms with Gasteiger partial charge in [0, 0.05) is 50.7 Å². The number of benzene rings is 1. The number of imide groups is 1. The fourth-order valence-corrected chi connectivity index (χ4v) is 4.92. The molecule has 1 aromatic carbocycles. The van der Waals surface area contributed by atoms with E-state index in [9.17, 15) is 14.4 Å². The molecule has 2 saturated heterocycles. The van der Waals surface area contributed by atoms with Crippen LogP contribution in [0.1, 0.15) is 53.6 Å². The van der Waals surface area contributed by atoms with E-state index >= 15 is 0 Å². The number of rotatable bonds is 5. The molecule has 3 heterocycles. The first-order chi connectivity index (χ1) is 14.1. The highest BCUT2D eigenvalue weighted by Gasteiger charge is 2.39. The Hall–Kier alpha value is -2.25. The number of hydrogen-bond donors (Lipinski definition) is 2. The van der Waals surface area contributed by atoms with Crippen molar-refractivity contribution < 1.29 is 14.4 Å². The van der Waals surface area contributed by atoms with E-state index in [1.54, 1.807) is 4.90 Å². The lowest BCUT2D eigenvalue weighted by atomic mass is 10.0. The van der Waals surface area contributed by atoms with E-state index in [4.69, 9.17) is 0 Å². The summed E-state index contributed by atoms with van der Waals surface area (Å²) in [5.41, 5.74) is 2.84. The molecule has 2 N–H and O–H groups in total. The summed E-state index contributed by atoms with van der Waals surface area (Å²) in [6.45, 7) is 4.39. The second kappa shape index (κ2) is 7.54. The molecular weight excluding hydrogens is 368 g/mol.